The van der Waals surface area contributed by atoms with Crippen molar-refractivity contribution in [2.24, 2.45) is 5.92 Å². The highest BCUT2D eigenvalue weighted by Crippen LogP contribution is 2.20. The first kappa shape index (κ1) is 15.4. The molecule has 3 heterocycles. The van der Waals surface area contributed by atoms with Crippen molar-refractivity contribution in [2.75, 3.05) is 45.9 Å². The first-order valence-electron chi connectivity index (χ1n) is 8.32. The van der Waals surface area contributed by atoms with E-state index in [1.165, 1.54) is 6.42 Å². The van der Waals surface area contributed by atoms with E-state index in [1.54, 1.807) is 12.4 Å². The maximum Gasteiger partial charge on any atom is 0.255 e. The van der Waals surface area contributed by atoms with Crippen LogP contribution in [0.3, 0.4) is 0 Å². The standard InChI is InChI=1S/C17H25N3O2/c21-17(16-4-1-6-18-13-16)20-7-2-3-15(5-8-20)14-19-9-11-22-12-10-19/h1,4,6,13,15H,2-3,5,7-12,14H2. The number of nitrogens with zero attached hydrogens (tertiary/aromatic N) is 3. The summed E-state index contributed by atoms with van der Waals surface area (Å²) in [5, 5.41) is 0. The first-order chi connectivity index (χ1) is 10.8. The van der Waals surface area contributed by atoms with Crippen LogP contribution in [0.2, 0.25) is 0 Å². The number of amides is 1. The summed E-state index contributed by atoms with van der Waals surface area (Å²) in [5.41, 5.74) is 0.703. The highest BCUT2D eigenvalue weighted by molar-refractivity contribution is 5.93. The van der Waals surface area contributed by atoms with Crippen LogP contribution in [0.25, 0.3) is 0 Å². The molecule has 0 bridgehead atoms. The van der Waals surface area contributed by atoms with Gasteiger partial charge in [-0.05, 0) is 37.3 Å². The van der Waals surface area contributed by atoms with Crippen molar-refractivity contribution in [1.29, 1.82) is 0 Å². The second-order valence-corrected chi connectivity index (χ2v) is 6.24. The van der Waals surface area contributed by atoms with Gasteiger partial charge in [-0.15, -0.1) is 0 Å². The highest BCUT2D eigenvalue weighted by atomic mass is 16.5. The molecule has 0 aromatic carbocycles. The molecule has 0 aliphatic carbocycles. The number of carbonyl (C=O) groups is 1. The molecule has 5 heteroatoms. The molecular formula is C17H25N3O2. The van der Waals surface area contributed by atoms with Gasteiger partial charge in [-0.1, -0.05) is 0 Å². The Kier molecular flexibility index (Phi) is 5.40. The van der Waals surface area contributed by atoms with Crippen molar-refractivity contribution in [3.8, 4) is 0 Å². The normalized spacial score (nSPS) is 24.0. The molecule has 2 fully saturated rings. The summed E-state index contributed by atoms with van der Waals surface area (Å²) in [6.07, 6.45) is 6.79. The molecule has 1 unspecified atom stereocenters. The van der Waals surface area contributed by atoms with Crippen LogP contribution in [0.1, 0.15) is 29.6 Å². The van der Waals surface area contributed by atoms with E-state index < -0.39 is 0 Å². The van der Waals surface area contributed by atoms with E-state index in [2.05, 4.69) is 9.88 Å². The van der Waals surface area contributed by atoms with E-state index in [0.29, 0.717) is 11.5 Å². The summed E-state index contributed by atoms with van der Waals surface area (Å²) in [6, 6.07) is 3.68. The second-order valence-electron chi connectivity index (χ2n) is 6.24. The van der Waals surface area contributed by atoms with E-state index >= 15 is 0 Å². The summed E-state index contributed by atoms with van der Waals surface area (Å²) < 4.78 is 5.41. The van der Waals surface area contributed by atoms with Gasteiger partial charge in [-0.25, -0.2) is 0 Å². The molecule has 0 saturated carbocycles. The molecule has 1 aromatic heterocycles. The van der Waals surface area contributed by atoms with Crippen LogP contribution in [-0.2, 0) is 4.74 Å². The van der Waals surface area contributed by atoms with Gasteiger partial charge in [0.1, 0.15) is 0 Å². The van der Waals surface area contributed by atoms with Crippen molar-refractivity contribution in [2.45, 2.75) is 19.3 Å². The number of morpholine rings is 1. The van der Waals surface area contributed by atoms with Gasteiger partial charge in [0.15, 0.2) is 0 Å². The van der Waals surface area contributed by atoms with Crippen LogP contribution in [0.5, 0.6) is 0 Å². The van der Waals surface area contributed by atoms with E-state index in [-0.39, 0.29) is 5.91 Å². The predicted octanol–water partition coefficient (Wildman–Crippen LogP) is 1.66. The molecule has 0 radical (unpaired) electrons. The van der Waals surface area contributed by atoms with Crippen LogP contribution < -0.4 is 0 Å². The monoisotopic (exact) mass is 303 g/mol. The number of hydrogen-bond donors (Lipinski definition) is 0. The van der Waals surface area contributed by atoms with Crippen LogP contribution in [0.15, 0.2) is 24.5 Å². The van der Waals surface area contributed by atoms with E-state index in [4.69, 9.17) is 4.74 Å². The van der Waals surface area contributed by atoms with Crippen LogP contribution >= 0.6 is 0 Å². The number of hydrogen-bond acceptors (Lipinski definition) is 4. The summed E-state index contributed by atoms with van der Waals surface area (Å²) in [6.45, 7) is 6.70. The summed E-state index contributed by atoms with van der Waals surface area (Å²) in [5.74, 6) is 0.824. The fourth-order valence-electron chi connectivity index (χ4n) is 3.37. The molecule has 2 saturated heterocycles. The maximum absolute atomic E-state index is 12.5. The number of ether oxygens (including phenoxy) is 1. The zero-order valence-corrected chi connectivity index (χ0v) is 13.1. The molecule has 120 valence electrons. The quantitative estimate of drug-likeness (QED) is 0.852. The Hall–Kier alpha value is -1.46. The molecule has 2 aliphatic rings. The number of carbonyl (C=O) groups excluding carboxylic acids is 1. The lowest BCUT2D eigenvalue weighted by Crippen LogP contribution is -2.39. The molecule has 5 nitrogen and oxygen atoms in total. The molecule has 1 amide bonds. The minimum absolute atomic E-state index is 0.125. The summed E-state index contributed by atoms with van der Waals surface area (Å²) in [4.78, 5) is 21.1. The fraction of sp³-hybridized carbons (Fsp3) is 0.647. The SMILES string of the molecule is O=C(c1cccnc1)N1CCCC(CN2CCOCC2)CC1. The molecule has 22 heavy (non-hydrogen) atoms. The molecular weight excluding hydrogens is 278 g/mol. The zero-order chi connectivity index (χ0) is 15.2. The molecule has 2 aliphatic heterocycles. The number of rotatable bonds is 3. The average molecular weight is 303 g/mol. The Morgan fingerprint density at radius 2 is 2.09 bits per heavy atom. The van der Waals surface area contributed by atoms with E-state index in [1.807, 2.05) is 17.0 Å². The first-order valence-corrected chi connectivity index (χ1v) is 8.32. The van der Waals surface area contributed by atoms with E-state index in [0.717, 1.165) is 58.8 Å². The van der Waals surface area contributed by atoms with Gasteiger partial charge in [-0.2, -0.15) is 0 Å². The summed E-state index contributed by atoms with van der Waals surface area (Å²) in [7, 11) is 0. The lowest BCUT2D eigenvalue weighted by atomic mass is 10.00. The Bertz CT molecular complexity index is 474. The Labute approximate surface area is 132 Å². The van der Waals surface area contributed by atoms with Gasteiger partial charge in [0.05, 0.1) is 18.8 Å². The van der Waals surface area contributed by atoms with Gasteiger partial charge < -0.3 is 9.64 Å². The Morgan fingerprint density at radius 1 is 1.23 bits per heavy atom. The Morgan fingerprint density at radius 3 is 2.86 bits per heavy atom. The van der Waals surface area contributed by atoms with E-state index in [9.17, 15) is 4.79 Å². The average Bonchev–Trinajstić information content (AvgIpc) is 2.82. The van der Waals surface area contributed by atoms with Crippen molar-refractivity contribution >= 4 is 5.91 Å². The maximum atomic E-state index is 12.5. The lowest BCUT2D eigenvalue weighted by Gasteiger charge is -2.30. The van der Waals surface area contributed by atoms with Gasteiger partial charge in [-0.3, -0.25) is 14.7 Å². The van der Waals surface area contributed by atoms with Crippen molar-refractivity contribution in [3.05, 3.63) is 30.1 Å². The highest BCUT2D eigenvalue weighted by Gasteiger charge is 2.23. The second kappa shape index (κ2) is 7.70. The number of aromatic nitrogens is 1. The summed E-state index contributed by atoms with van der Waals surface area (Å²) >= 11 is 0. The number of pyridine rings is 1. The van der Waals surface area contributed by atoms with Gasteiger partial charge in [0.25, 0.3) is 5.91 Å². The molecule has 0 N–H and O–H groups in total. The lowest BCUT2D eigenvalue weighted by molar-refractivity contribution is 0.0296. The van der Waals surface area contributed by atoms with Gasteiger partial charge in [0, 0.05) is 45.1 Å². The minimum Gasteiger partial charge on any atom is -0.379 e. The number of likely N-dealkylation sites (tertiary alicyclic amines) is 1. The molecule has 1 atom stereocenters. The topological polar surface area (TPSA) is 45.7 Å². The fourth-order valence-corrected chi connectivity index (χ4v) is 3.37. The van der Waals surface area contributed by atoms with Gasteiger partial charge in [0.2, 0.25) is 0 Å². The Balaban J connectivity index is 1.52. The van der Waals surface area contributed by atoms with Crippen molar-refractivity contribution in [3.63, 3.8) is 0 Å². The molecule has 3 rings (SSSR count). The van der Waals surface area contributed by atoms with Crippen molar-refractivity contribution in [1.82, 2.24) is 14.8 Å². The molecule has 0 spiro atoms. The smallest absolute Gasteiger partial charge is 0.255 e. The van der Waals surface area contributed by atoms with Crippen LogP contribution in [0, 0.1) is 5.92 Å². The van der Waals surface area contributed by atoms with Crippen LogP contribution in [-0.4, -0.2) is 66.6 Å². The molecule has 1 aromatic rings. The van der Waals surface area contributed by atoms with Gasteiger partial charge >= 0.3 is 0 Å². The van der Waals surface area contributed by atoms with Crippen LogP contribution in [0.4, 0.5) is 0 Å². The third kappa shape index (κ3) is 4.05. The predicted molar refractivity (Wildman–Crippen MR) is 84.7 cm³/mol. The largest absolute Gasteiger partial charge is 0.379 e. The van der Waals surface area contributed by atoms with Crippen molar-refractivity contribution < 1.29 is 9.53 Å². The zero-order valence-electron chi connectivity index (χ0n) is 13.1. The third-order valence-corrected chi connectivity index (χ3v) is 4.66. The third-order valence-electron chi connectivity index (χ3n) is 4.66. The minimum atomic E-state index is 0.125.